The van der Waals surface area contributed by atoms with E-state index in [1.54, 1.807) is 30.5 Å². The number of likely N-dealkylation sites (tertiary alicyclic amines) is 1. The number of anilines is 1. The third-order valence-electron chi connectivity index (χ3n) is 4.10. The van der Waals surface area contributed by atoms with Crippen molar-refractivity contribution in [3.63, 3.8) is 0 Å². The Hall–Kier alpha value is -2.29. The lowest BCUT2D eigenvalue weighted by molar-refractivity contribution is -0.141. The van der Waals surface area contributed by atoms with Gasteiger partial charge in [-0.05, 0) is 6.42 Å². The van der Waals surface area contributed by atoms with Crippen LogP contribution in [-0.4, -0.2) is 51.0 Å². The van der Waals surface area contributed by atoms with Crippen molar-refractivity contribution >= 4 is 5.82 Å². The lowest BCUT2D eigenvalue weighted by Gasteiger charge is -2.26. The second-order valence-corrected chi connectivity index (χ2v) is 5.74. The largest absolute Gasteiger partial charge is 0.433 e. The molecule has 0 aromatic carbocycles. The van der Waals surface area contributed by atoms with Crippen LogP contribution in [0.5, 0.6) is 0 Å². The van der Waals surface area contributed by atoms with Crippen LogP contribution in [0.15, 0.2) is 31.0 Å². The smallest absolute Gasteiger partial charge is 0.355 e. The van der Waals surface area contributed by atoms with Crippen LogP contribution in [-0.2, 0) is 12.7 Å². The van der Waals surface area contributed by atoms with Crippen molar-refractivity contribution in [2.45, 2.75) is 25.2 Å². The molecular weight excluding hydrogens is 321 g/mol. The first-order valence-corrected chi connectivity index (χ1v) is 7.53. The van der Waals surface area contributed by atoms with Crippen LogP contribution >= 0.6 is 0 Å². The van der Waals surface area contributed by atoms with Crippen molar-refractivity contribution in [3.8, 4) is 0 Å². The molecule has 0 amide bonds. The molecular formula is C15H17F3N6. The first kappa shape index (κ1) is 16.6. The van der Waals surface area contributed by atoms with Gasteiger partial charge < -0.3 is 4.90 Å². The molecule has 0 saturated carbocycles. The van der Waals surface area contributed by atoms with Gasteiger partial charge in [0.25, 0.3) is 0 Å². The summed E-state index contributed by atoms with van der Waals surface area (Å²) in [5.41, 5.74) is -0.0454. The molecule has 0 spiro atoms. The zero-order chi connectivity index (χ0) is 17.2. The van der Waals surface area contributed by atoms with Crippen molar-refractivity contribution in [1.29, 1.82) is 0 Å². The van der Waals surface area contributed by atoms with Crippen molar-refractivity contribution in [2.24, 2.45) is 0 Å². The van der Waals surface area contributed by atoms with Crippen molar-refractivity contribution in [2.75, 3.05) is 25.0 Å². The molecule has 2 aromatic rings. The Morgan fingerprint density at radius 3 is 2.79 bits per heavy atom. The SMILES string of the molecule is CN(c1cc(C(F)(F)F)ncn1)C1CCN(Cc2cnccn2)C1. The third kappa shape index (κ3) is 3.78. The van der Waals surface area contributed by atoms with Crippen molar-refractivity contribution < 1.29 is 13.2 Å². The van der Waals surface area contributed by atoms with Gasteiger partial charge in [-0.1, -0.05) is 0 Å². The highest BCUT2D eigenvalue weighted by molar-refractivity contribution is 5.40. The van der Waals surface area contributed by atoms with Gasteiger partial charge in [0.15, 0.2) is 0 Å². The van der Waals surface area contributed by atoms with E-state index in [4.69, 9.17) is 0 Å². The molecule has 9 heteroatoms. The van der Waals surface area contributed by atoms with Gasteiger partial charge in [0, 0.05) is 57.4 Å². The topological polar surface area (TPSA) is 58.0 Å². The maximum Gasteiger partial charge on any atom is 0.433 e. The van der Waals surface area contributed by atoms with E-state index in [2.05, 4.69) is 24.8 Å². The monoisotopic (exact) mass is 338 g/mol. The fraction of sp³-hybridized carbons (Fsp3) is 0.467. The molecule has 1 unspecified atom stereocenters. The number of alkyl halides is 3. The summed E-state index contributed by atoms with van der Waals surface area (Å²) in [5, 5.41) is 0. The molecule has 0 radical (unpaired) electrons. The molecule has 0 bridgehead atoms. The minimum absolute atomic E-state index is 0.0951. The molecule has 1 aliphatic rings. The molecule has 0 aliphatic carbocycles. The number of rotatable bonds is 4. The molecule has 128 valence electrons. The minimum Gasteiger partial charge on any atom is -0.355 e. The van der Waals surface area contributed by atoms with Crippen molar-refractivity contribution in [1.82, 2.24) is 24.8 Å². The average molecular weight is 338 g/mol. The van der Waals surface area contributed by atoms with Gasteiger partial charge in [0.1, 0.15) is 17.8 Å². The molecule has 6 nitrogen and oxygen atoms in total. The Bertz CT molecular complexity index is 678. The van der Waals surface area contributed by atoms with Gasteiger partial charge in [-0.15, -0.1) is 0 Å². The highest BCUT2D eigenvalue weighted by atomic mass is 19.4. The zero-order valence-electron chi connectivity index (χ0n) is 13.1. The maximum absolute atomic E-state index is 12.8. The summed E-state index contributed by atoms with van der Waals surface area (Å²) in [7, 11) is 1.76. The van der Waals surface area contributed by atoms with E-state index in [1.807, 2.05) is 0 Å². The Kier molecular flexibility index (Phi) is 4.61. The van der Waals surface area contributed by atoms with Crippen molar-refractivity contribution in [3.05, 3.63) is 42.4 Å². The van der Waals surface area contributed by atoms with E-state index in [0.29, 0.717) is 6.54 Å². The van der Waals surface area contributed by atoms with Gasteiger partial charge >= 0.3 is 6.18 Å². The summed E-state index contributed by atoms with van der Waals surface area (Å²) in [6.07, 6.45) is 2.33. The fourth-order valence-corrected chi connectivity index (χ4v) is 2.79. The number of likely N-dealkylation sites (N-methyl/N-ethyl adjacent to an activating group) is 1. The van der Waals surface area contributed by atoms with Gasteiger partial charge in [0.2, 0.25) is 0 Å². The molecule has 3 rings (SSSR count). The van der Waals surface area contributed by atoms with Crippen LogP contribution in [0.3, 0.4) is 0 Å². The summed E-state index contributed by atoms with van der Waals surface area (Å²) in [6.45, 7) is 2.26. The summed E-state index contributed by atoms with van der Waals surface area (Å²) < 4.78 is 38.3. The van der Waals surface area contributed by atoms with Crippen LogP contribution in [0.25, 0.3) is 0 Å². The van der Waals surface area contributed by atoms with Crippen LogP contribution < -0.4 is 4.90 Å². The number of hydrogen-bond acceptors (Lipinski definition) is 6. The highest BCUT2D eigenvalue weighted by Crippen LogP contribution is 2.29. The van der Waals surface area contributed by atoms with Crippen LogP contribution in [0, 0.1) is 0 Å². The number of nitrogens with zero attached hydrogens (tertiary/aromatic N) is 6. The molecule has 1 aliphatic heterocycles. The van der Waals surface area contributed by atoms with E-state index in [0.717, 1.165) is 37.6 Å². The number of hydrogen-bond donors (Lipinski definition) is 0. The average Bonchev–Trinajstić information content (AvgIpc) is 3.03. The number of aromatic nitrogens is 4. The predicted molar refractivity (Wildman–Crippen MR) is 81.2 cm³/mol. The maximum atomic E-state index is 12.8. The Morgan fingerprint density at radius 2 is 2.08 bits per heavy atom. The lowest BCUT2D eigenvalue weighted by Crippen LogP contribution is -2.35. The van der Waals surface area contributed by atoms with E-state index in [1.165, 1.54) is 0 Å². The second-order valence-electron chi connectivity index (χ2n) is 5.74. The van der Waals surface area contributed by atoms with E-state index < -0.39 is 11.9 Å². The van der Waals surface area contributed by atoms with Gasteiger partial charge in [0.05, 0.1) is 5.69 Å². The first-order valence-electron chi connectivity index (χ1n) is 7.53. The zero-order valence-corrected chi connectivity index (χ0v) is 13.1. The molecule has 0 N–H and O–H groups in total. The first-order chi connectivity index (χ1) is 11.4. The van der Waals surface area contributed by atoms with E-state index >= 15 is 0 Å². The summed E-state index contributed by atoms with van der Waals surface area (Å²) >= 11 is 0. The summed E-state index contributed by atoms with van der Waals surface area (Å²) in [4.78, 5) is 19.6. The lowest BCUT2D eigenvalue weighted by atomic mass is 10.2. The molecule has 2 aromatic heterocycles. The normalized spacial score (nSPS) is 18.8. The second kappa shape index (κ2) is 6.68. The van der Waals surface area contributed by atoms with E-state index in [9.17, 15) is 13.2 Å². The highest BCUT2D eigenvalue weighted by Gasteiger charge is 2.34. The standard InChI is InChI=1S/C15H17F3N6/c1-23(14-6-13(15(16,17)18)21-10-22-14)12-2-5-24(9-12)8-11-7-19-3-4-20-11/h3-4,6-7,10,12H,2,5,8-9H2,1H3. The fourth-order valence-electron chi connectivity index (χ4n) is 2.79. The summed E-state index contributed by atoms with van der Waals surface area (Å²) in [5.74, 6) is 0.281. The van der Waals surface area contributed by atoms with Crippen LogP contribution in [0.2, 0.25) is 0 Å². The minimum atomic E-state index is -4.47. The van der Waals surface area contributed by atoms with Gasteiger partial charge in [-0.25, -0.2) is 9.97 Å². The Labute approximate surface area is 137 Å². The van der Waals surface area contributed by atoms with E-state index in [-0.39, 0.29) is 11.9 Å². The summed E-state index contributed by atoms with van der Waals surface area (Å²) in [6, 6.07) is 1.09. The van der Waals surface area contributed by atoms with Crippen LogP contribution in [0.1, 0.15) is 17.8 Å². The molecule has 24 heavy (non-hydrogen) atoms. The van der Waals surface area contributed by atoms with Gasteiger partial charge in [-0.3, -0.25) is 14.9 Å². The van der Waals surface area contributed by atoms with Gasteiger partial charge in [-0.2, -0.15) is 13.2 Å². The molecule has 1 atom stereocenters. The third-order valence-corrected chi connectivity index (χ3v) is 4.10. The quantitative estimate of drug-likeness (QED) is 0.850. The molecule has 1 fully saturated rings. The van der Waals surface area contributed by atoms with Crippen LogP contribution in [0.4, 0.5) is 19.0 Å². The molecule has 1 saturated heterocycles. The number of halogens is 3. The Balaban J connectivity index is 1.65. The predicted octanol–water partition coefficient (Wildman–Crippen LogP) is 2.00. The molecule has 3 heterocycles. The Morgan fingerprint density at radius 1 is 1.25 bits per heavy atom.